The van der Waals surface area contributed by atoms with Gasteiger partial charge in [-0.25, -0.2) is 9.97 Å². The molecule has 1 aromatic heterocycles. The normalized spacial score (nSPS) is 10.4. The zero-order chi connectivity index (χ0) is 16.8. The van der Waals surface area contributed by atoms with Gasteiger partial charge in [0.05, 0.1) is 0 Å². The van der Waals surface area contributed by atoms with Crippen molar-refractivity contribution in [1.82, 2.24) is 15.3 Å². The molecule has 0 aliphatic carbocycles. The highest BCUT2D eigenvalue weighted by Crippen LogP contribution is 2.20. The maximum absolute atomic E-state index is 12.2. The summed E-state index contributed by atoms with van der Waals surface area (Å²) in [4.78, 5) is 20.8. The van der Waals surface area contributed by atoms with Gasteiger partial charge in [-0.2, -0.15) is 0 Å². The van der Waals surface area contributed by atoms with Gasteiger partial charge in [0.15, 0.2) is 0 Å². The van der Waals surface area contributed by atoms with Gasteiger partial charge in [0.25, 0.3) is 5.91 Å². The van der Waals surface area contributed by atoms with E-state index < -0.39 is 0 Å². The number of rotatable bonds is 6. The average molecular weight is 312 g/mol. The van der Waals surface area contributed by atoms with Crippen LogP contribution in [0.5, 0.6) is 0 Å². The Morgan fingerprint density at radius 1 is 1.13 bits per heavy atom. The molecule has 5 nitrogen and oxygen atoms in total. The Kier molecular flexibility index (Phi) is 5.68. The molecule has 0 bridgehead atoms. The summed E-state index contributed by atoms with van der Waals surface area (Å²) in [5, 5.41) is 6.15. The minimum atomic E-state index is -0.160. The topological polar surface area (TPSA) is 66.9 Å². The first-order valence-electron chi connectivity index (χ1n) is 7.97. The number of carbonyl (C=O) groups excluding carboxylic acids is 1. The summed E-state index contributed by atoms with van der Waals surface area (Å²) in [7, 11) is 0. The van der Waals surface area contributed by atoms with E-state index in [1.807, 2.05) is 19.1 Å². The smallest absolute Gasteiger partial charge is 0.270 e. The Morgan fingerprint density at radius 2 is 1.91 bits per heavy atom. The molecule has 0 aliphatic heterocycles. The van der Waals surface area contributed by atoms with Crippen molar-refractivity contribution in [1.29, 1.82) is 0 Å². The van der Waals surface area contributed by atoms with Crippen molar-refractivity contribution in [3.63, 3.8) is 0 Å². The fraction of sp³-hybridized carbons (Fsp3) is 0.389. The number of aryl methyl sites for hydroxylation is 3. The van der Waals surface area contributed by atoms with E-state index in [2.05, 4.69) is 40.5 Å². The molecule has 1 aromatic carbocycles. The molecule has 2 rings (SSSR count). The summed E-state index contributed by atoms with van der Waals surface area (Å²) in [5.41, 5.74) is 3.71. The highest BCUT2D eigenvalue weighted by atomic mass is 16.1. The van der Waals surface area contributed by atoms with E-state index in [1.54, 1.807) is 13.0 Å². The predicted molar refractivity (Wildman–Crippen MR) is 93.2 cm³/mol. The molecule has 23 heavy (non-hydrogen) atoms. The van der Waals surface area contributed by atoms with Gasteiger partial charge in [-0.15, -0.1) is 0 Å². The average Bonchev–Trinajstić information content (AvgIpc) is 2.50. The van der Waals surface area contributed by atoms with Crippen LogP contribution in [0.3, 0.4) is 0 Å². The number of nitrogens with zero attached hydrogens (tertiary/aromatic N) is 2. The fourth-order valence-corrected chi connectivity index (χ4v) is 2.31. The fourth-order valence-electron chi connectivity index (χ4n) is 2.31. The molecule has 1 amide bonds. The number of amides is 1. The molecule has 0 spiro atoms. The van der Waals surface area contributed by atoms with Crippen molar-refractivity contribution in [2.75, 3.05) is 11.9 Å². The number of unbranched alkanes of at least 4 members (excludes halogenated alkanes) is 1. The Hall–Kier alpha value is -2.43. The van der Waals surface area contributed by atoms with Gasteiger partial charge in [0.2, 0.25) is 0 Å². The highest BCUT2D eigenvalue weighted by molar-refractivity contribution is 5.93. The highest BCUT2D eigenvalue weighted by Gasteiger charge is 2.10. The van der Waals surface area contributed by atoms with Crippen LogP contribution in [0.1, 0.15) is 47.2 Å². The van der Waals surface area contributed by atoms with Crippen LogP contribution in [-0.2, 0) is 0 Å². The molecule has 0 saturated heterocycles. The quantitative estimate of drug-likeness (QED) is 0.799. The molecule has 5 heteroatoms. The lowest BCUT2D eigenvalue weighted by Gasteiger charge is -2.11. The molecule has 2 aromatic rings. The summed E-state index contributed by atoms with van der Waals surface area (Å²) in [6, 6.07) is 7.85. The van der Waals surface area contributed by atoms with Crippen molar-refractivity contribution in [2.24, 2.45) is 0 Å². The SMILES string of the molecule is CCCCNC(=O)c1cc(Nc2ccc(C)cc2C)nc(C)n1. The first-order valence-corrected chi connectivity index (χ1v) is 7.97. The number of anilines is 2. The summed E-state index contributed by atoms with van der Waals surface area (Å²) >= 11 is 0. The molecule has 0 aliphatic rings. The summed E-state index contributed by atoms with van der Waals surface area (Å²) < 4.78 is 0. The summed E-state index contributed by atoms with van der Waals surface area (Å²) in [5.74, 6) is 1.04. The largest absolute Gasteiger partial charge is 0.351 e. The van der Waals surface area contributed by atoms with Gasteiger partial charge in [0, 0.05) is 18.3 Å². The second-order valence-corrected chi connectivity index (χ2v) is 5.74. The third-order valence-electron chi connectivity index (χ3n) is 3.53. The van der Waals surface area contributed by atoms with E-state index in [9.17, 15) is 4.79 Å². The van der Waals surface area contributed by atoms with Crippen LogP contribution in [0, 0.1) is 20.8 Å². The van der Waals surface area contributed by atoms with Crippen molar-refractivity contribution in [3.05, 3.63) is 46.9 Å². The lowest BCUT2D eigenvalue weighted by molar-refractivity contribution is 0.0948. The van der Waals surface area contributed by atoms with Crippen LogP contribution < -0.4 is 10.6 Å². The summed E-state index contributed by atoms with van der Waals surface area (Å²) in [6.07, 6.45) is 2.01. The minimum absolute atomic E-state index is 0.160. The van der Waals surface area contributed by atoms with E-state index in [1.165, 1.54) is 5.56 Å². The van der Waals surface area contributed by atoms with Crippen molar-refractivity contribution in [2.45, 2.75) is 40.5 Å². The van der Waals surface area contributed by atoms with Gasteiger partial charge in [-0.3, -0.25) is 4.79 Å². The Bertz CT molecular complexity index is 697. The maximum Gasteiger partial charge on any atom is 0.270 e. The van der Waals surface area contributed by atoms with E-state index in [4.69, 9.17) is 0 Å². The summed E-state index contributed by atoms with van der Waals surface area (Å²) in [6.45, 7) is 8.65. The third-order valence-corrected chi connectivity index (χ3v) is 3.53. The molecular weight excluding hydrogens is 288 g/mol. The van der Waals surface area contributed by atoms with Crippen molar-refractivity contribution in [3.8, 4) is 0 Å². The standard InChI is InChI=1S/C18H24N4O/c1-5-6-9-19-18(23)16-11-17(21-14(4)20-16)22-15-8-7-12(2)10-13(15)3/h7-8,10-11H,5-6,9H2,1-4H3,(H,19,23)(H,20,21,22). The Morgan fingerprint density at radius 3 is 2.61 bits per heavy atom. The number of aromatic nitrogens is 2. The zero-order valence-corrected chi connectivity index (χ0v) is 14.2. The van der Waals surface area contributed by atoms with Gasteiger partial charge in [-0.05, 0) is 38.8 Å². The monoisotopic (exact) mass is 312 g/mol. The van der Waals surface area contributed by atoms with Gasteiger partial charge in [0.1, 0.15) is 17.3 Å². The Labute approximate surface area is 137 Å². The molecule has 0 radical (unpaired) electrons. The van der Waals surface area contributed by atoms with Crippen LogP contribution in [0.25, 0.3) is 0 Å². The zero-order valence-electron chi connectivity index (χ0n) is 14.2. The van der Waals surface area contributed by atoms with Gasteiger partial charge in [-0.1, -0.05) is 31.0 Å². The lowest BCUT2D eigenvalue weighted by atomic mass is 10.1. The molecule has 2 N–H and O–H groups in total. The van der Waals surface area contributed by atoms with Crippen LogP contribution in [0.2, 0.25) is 0 Å². The molecular formula is C18H24N4O. The van der Waals surface area contributed by atoms with Crippen molar-refractivity contribution >= 4 is 17.4 Å². The third kappa shape index (κ3) is 4.77. The van der Waals surface area contributed by atoms with Crippen LogP contribution in [0.4, 0.5) is 11.5 Å². The first kappa shape index (κ1) is 16.9. The van der Waals surface area contributed by atoms with E-state index in [0.29, 0.717) is 23.9 Å². The first-order chi connectivity index (χ1) is 11.0. The molecule has 1 heterocycles. The lowest BCUT2D eigenvalue weighted by Crippen LogP contribution is -2.25. The van der Waals surface area contributed by atoms with Crippen molar-refractivity contribution < 1.29 is 4.79 Å². The van der Waals surface area contributed by atoms with E-state index >= 15 is 0 Å². The van der Waals surface area contributed by atoms with E-state index in [-0.39, 0.29) is 5.91 Å². The second kappa shape index (κ2) is 7.72. The van der Waals surface area contributed by atoms with Gasteiger partial charge >= 0.3 is 0 Å². The van der Waals surface area contributed by atoms with Crippen LogP contribution in [0.15, 0.2) is 24.3 Å². The minimum Gasteiger partial charge on any atom is -0.351 e. The molecule has 0 fully saturated rings. The Balaban J connectivity index is 2.18. The number of carbonyl (C=O) groups is 1. The van der Waals surface area contributed by atoms with Crippen LogP contribution >= 0.6 is 0 Å². The number of nitrogens with one attached hydrogen (secondary N) is 2. The number of benzene rings is 1. The molecule has 0 saturated carbocycles. The maximum atomic E-state index is 12.2. The number of hydrogen-bond donors (Lipinski definition) is 2. The predicted octanol–water partition coefficient (Wildman–Crippen LogP) is 3.68. The molecule has 122 valence electrons. The van der Waals surface area contributed by atoms with Crippen LogP contribution in [-0.4, -0.2) is 22.4 Å². The number of hydrogen-bond acceptors (Lipinski definition) is 4. The van der Waals surface area contributed by atoms with E-state index in [0.717, 1.165) is 24.1 Å². The van der Waals surface area contributed by atoms with Gasteiger partial charge < -0.3 is 10.6 Å². The second-order valence-electron chi connectivity index (χ2n) is 5.74. The molecule has 0 atom stereocenters. The molecule has 0 unspecified atom stereocenters.